The molecule has 2 unspecified atom stereocenters. The van der Waals surface area contributed by atoms with E-state index < -0.39 is 95.8 Å². The Bertz CT molecular complexity index is 646. The number of hydrogen-bond acceptors (Lipinski definition) is 11. The Morgan fingerprint density at radius 3 is 1.24 bits per heavy atom. The summed E-state index contributed by atoms with van der Waals surface area (Å²) in [4.78, 5) is 0. The van der Waals surface area contributed by atoms with Crippen LogP contribution in [0.25, 0.3) is 0 Å². The van der Waals surface area contributed by atoms with Gasteiger partial charge in [0.25, 0.3) is 0 Å². The van der Waals surface area contributed by atoms with Gasteiger partial charge in [-0.05, 0) is 0 Å². The highest BCUT2D eigenvalue weighted by atomic mass is 19.3. The molecule has 4 N–H and O–H groups in total. The van der Waals surface area contributed by atoms with Crippen LogP contribution in [-0.4, -0.2) is 129 Å². The number of rotatable bonds is 23. The van der Waals surface area contributed by atoms with E-state index >= 15 is 0 Å². The molecule has 0 aliphatic heterocycles. The third-order valence-corrected chi connectivity index (χ3v) is 3.38. The van der Waals surface area contributed by atoms with Gasteiger partial charge in [-0.3, -0.25) is 0 Å². The van der Waals surface area contributed by atoms with Gasteiger partial charge in [-0.15, -0.1) is 8.78 Å². The Morgan fingerprint density at radius 2 is 0.842 bits per heavy atom. The van der Waals surface area contributed by atoms with Crippen LogP contribution in [0.15, 0.2) is 0 Å². The van der Waals surface area contributed by atoms with Crippen LogP contribution in [0.4, 0.5) is 43.9 Å². The van der Waals surface area contributed by atoms with Crippen molar-refractivity contribution in [3.05, 3.63) is 0 Å². The number of aliphatic hydroxyl groups excluding tert-OH is 4. The van der Waals surface area contributed by atoms with E-state index in [1.165, 1.54) is 0 Å². The summed E-state index contributed by atoms with van der Waals surface area (Å²) in [5.74, 6) is 0. The van der Waals surface area contributed by atoms with Gasteiger partial charge >= 0.3 is 30.7 Å². The summed E-state index contributed by atoms with van der Waals surface area (Å²) in [7, 11) is 0. The molecule has 0 aromatic carbocycles. The van der Waals surface area contributed by atoms with Gasteiger partial charge in [0, 0.05) is 0 Å². The molecule has 0 bridgehead atoms. The van der Waals surface area contributed by atoms with Crippen LogP contribution in [0.1, 0.15) is 0 Å². The molecule has 2 atom stereocenters. The molecule has 0 saturated heterocycles. The summed E-state index contributed by atoms with van der Waals surface area (Å²) >= 11 is 0. The monoisotopic (exact) mass is 596 g/mol. The lowest BCUT2D eigenvalue weighted by Crippen LogP contribution is -2.54. The first-order valence-electron chi connectivity index (χ1n) is 10.2. The topological polar surface area (TPSA) is 146 Å². The predicted octanol–water partition coefficient (Wildman–Crippen LogP) is 0.730. The van der Waals surface area contributed by atoms with Crippen LogP contribution in [0, 0.1) is 0 Å². The van der Waals surface area contributed by atoms with E-state index in [2.05, 4.69) is 33.2 Å². The molecule has 0 rings (SSSR count). The normalized spacial score (nSPS) is 15.6. The van der Waals surface area contributed by atoms with Crippen molar-refractivity contribution in [1.29, 1.82) is 0 Å². The Kier molecular flexibility index (Phi) is 15.7. The molecule has 230 valence electrons. The minimum absolute atomic E-state index is 0.258. The standard InChI is InChI=1S/C17H26F10O11/c18-13(19,9-34-7-11(30)5-32-3-1-28)36-15(22,23)16(24,25)38-17(26,27)37-14(20,21)10-35-8-12(31)6-33-4-2-29/h11-12,28-31H,1-10H2. The lowest BCUT2D eigenvalue weighted by atomic mass is 10.4. The van der Waals surface area contributed by atoms with Gasteiger partial charge < -0.3 is 39.4 Å². The number of aliphatic hydroxyl groups is 4. The third-order valence-electron chi connectivity index (χ3n) is 3.38. The first kappa shape index (κ1) is 36.9. The molecular formula is C17H26F10O11. The molecule has 21 heteroatoms. The van der Waals surface area contributed by atoms with Gasteiger partial charge in [0.2, 0.25) is 0 Å². The first-order valence-corrected chi connectivity index (χ1v) is 10.2. The summed E-state index contributed by atoms with van der Waals surface area (Å²) < 4.78 is 159. The van der Waals surface area contributed by atoms with Crippen LogP contribution in [0.3, 0.4) is 0 Å². The van der Waals surface area contributed by atoms with Crippen LogP contribution < -0.4 is 0 Å². The van der Waals surface area contributed by atoms with Gasteiger partial charge in [0.15, 0.2) is 0 Å². The van der Waals surface area contributed by atoms with Crippen molar-refractivity contribution in [2.24, 2.45) is 0 Å². The second-order valence-electron chi connectivity index (χ2n) is 7.01. The fourth-order valence-corrected chi connectivity index (χ4v) is 2.00. The highest BCUT2D eigenvalue weighted by molar-refractivity contribution is 4.71. The smallest absolute Gasteiger partial charge is 0.394 e. The summed E-state index contributed by atoms with van der Waals surface area (Å²) in [5, 5.41) is 35.4. The number of halogens is 10. The quantitative estimate of drug-likeness (QED) is 0.0753. The fourth-order valence-electron chi connectivity index (χ4n) is 2.00. The molecule has 38 heavy (non-hydrogen) atoms. The molecule has 0 spiro atoms. The number of ether oxygens (including phenoxy) is 7. The van der Waals surface area contributed by atoms with Crippen molar-refractivity contribution in [2.75, 3.05) is 66.1 Å². The second-order valence-corrected chi connectivity index (χ2v) is 7.01. The minimum Gasteiger partial charge on any atom is -0.394 e. The van der Waals surface area contributed by atoms with E-state index in [-0.39, 0.29) is 13.2 Å². The van der Waals surface area contributed by atoms with E-state index in [1.54, 1.807) is 0 Å². The highest BCUT2D eigenvalue weighted by Gasteiger charge is 2.68. The minimum atomic E-state index is -6.69. The Hall–Kier alpha value is -1.14. The third kappa shape index (κ3) is 16.1. The zero-order chi connectivity index (χ0) is 29.7. The molecule has 0 aromatic heterocycles. The maximum atomic E-state index is 13.5. The molecule has 0 aliphatic rings. The van der Waals surface area contributed by atoms with Crippen LogP contribution >= 0.6 is 0 Å². The molecule has 0 amide bonds. The van der Waals surface area contributed by atoms with E-state index in [0.717, 1.165) is 0 Å². The average Bonchev–Trinajstić information content (AvgIpc) is 2.71. The molecule has 0 aliphatic carbocycles. The summed E-state index contributed by atoms with van der Waals surface area (Å²) in [5.41, 5.74) is 0. The predicted molar refractivity (Wildman–Crippen MR) is 97.5 cm³/mol. The van der Waals surface area contributed by atoms with E-state index in [0.29, 0.717) is 0 Å². The van der Waals surface area contributed by atoms with Gasteiger partial charge in [0.1, 0.15) is 25.4 Å². The first-order chi connectivity index (χ1) is 17.3. The van der Waals surface area contributed by atoms with Crippen LogP contribution in [0.2, 0.25) is 0 Å². The number of alkyl halides is 10. The zero-order valence-electron chi connectivity index (χ0n) is 19.2. The molecule has 0 aromatic rings. The Morgan fingerprint density at radius 1 is 0.500 bits per heavy atom. The molecule has 0 saturated carbocycles. The molecule has 11 nitrogen and oxygen atoms in total. The van der Waals surface area contributed by atoms with E-state index in [9.17, 15) is 54.1 Å². The van der Waals surface area contributed by atoms with Crippen molar-refractivity contribution in [2.45, 2.75) is 42.9 Å². The van der Waals surface area contributed by atoms with Crippen molar-refractivity contribution in [3.63, 3.8) is 0 Å². The lowest BCUT2D eigenvalue weighted by Gasteiger charge is -2.31. The van der Waals surface area contributed by atoms with Crippen LogP contribution in [0.5, 0.6) is 0 Å². The van der Waals surface area contributed by atoms with Gasteiger partial charge in [-0.2, -0.15) is 35.1 Å². The fraction of sp³-hybridized carbons (Fsp3) is 1.00. The van der Waals surface area contributed by atoms with E-state index in [1.807, 2.05) is 0 Å². The van der Waals surface area contributed by atoms with Crippen molar-refractivity contribution >= 4 is 0 Å². The number of hydrogen-bond donors (Lipinski definition) is 4. The average molecular weight is 596 g/mol. The second kappa shape index (κ2) is 16.2. The highest BCUT2D eigenvalue weighted by Crippen LogP contribution is 2.44. The molecule has 0 radical (unpaired) electrons. The Balaban J connectivity index is 4.86. The molecule has 0 heterocycles. The van der Waals surface area contributed by atoms with Gasteiger partial charge in [0.05, 0.1) is 52.9 Å². The Labute approximate surface area is 207 Å². The lowest BCUT2D eigenvalue weighted by molar-refractivity contribution is -0.566. The SMILES string of the molecule is OCCOCC(O)COCC(F)(F)OC(F)(F)OC(F)(F)C(F)(F)OC(F)(F)COCC(O)COCCO. The zero-order valence-corrected chi connectivity index (χ0v) is 19.2. The largest absolute Gasteiger partial charge is 0.495 e. The maximum Gasteiger partial charge on any atom is 0.495 e. The summed E-state index contributed by atoms with van der Waals surface area (Å²) in [6.07, 6.45) is -33.2. The van der Waals surface area contributed by atoms with Crippen LogP contribution in [-0.2, 0) is 33.2 Å². The van der Waals surface area contributed by atoms with Gasteiger partial charge in [-0.1, -0.05) is 0 Å². The van der Waals surface area contributed by atoms with E-state index in [4.69, 9.17) is 10.2 Å². The summed E-state index contributed by atoms with van der Waals surface area (Å²) in [6.45, 7) is -8.96. The van der Waals surface area contributed by atoms with Crippen molar-refractivity contribution in [3.8, 4) is 0 Å². The molecular weight excluding hydrogens is 570 g/mol. The van der Waals surface area contributed by atoms with Gasteiger partial charge in [-0.25, -0.2) is 14.2 Å². The maximum absolute atomic E-state index is 13.5. The van der Waals surface area contributed by atoms with Crippen molar-refractivity contribution < 1.29 is 97.5 Å². The van der Waals surface area contributed by atoms with Crippen molar-refractivity contribution in [1.82, 2.24) is 0 Å². The molecule has 0 fully saturated rings. The summed E-state index contributed by atoms with van der Waals surface area (Å²) in [6, 6.07) is 0.